The molecule has 1 nitrogen and oxygen atoms in total. The Kier molecular flexibility index (Phi) is 4.16. The van der Waals surface area contributed by atoms with Crippen LogP contribution in [0.5, 0.6) is 0 Å². The van der Waals surface area contributed by atoms with Crippen molar-refractivity contribution < 1.29 is 4.74 Å². The van der Waals surface area contributed by atoms with E-state index in [0.717, 1.165) is 0 Å². The van der Waals surface area contributed by atoms with Gasteiger partial charge in [-0.15, -0.1) is 0 Å². The first kappa shape index (κ1) is 12.1. The summed E-state index contributed by atoms with van der Waals surface area (Å²) in [5, 5.41) is 0. The van der Waals surface area contributed by atoms with Crippen molar-refractivity contribution in [2.75, 3.05) is 13.7 Å². The minimum atomic E-state index is 0.692. The second-order valence-corrected chi connectivity index (χ2v) is 4.58. The predicted octanol–water partition coefficient (Wildman–Crippen LogP) is 4.00. The van der Waals surface area contributed by atoms with Crippen LogP contribution in [-0.2, 0) is 11.2 Å². The summed E-state index contributed by atoms with van der Waals surface area (Å²) in [6.07, 6.45) is 8.10. The Balaban J connectivity index is 2.26. The monoisotopic (exact) mass is 228 g/mol. The van der Waals surface area contributed by atoms with Crippen molar-refractivity contribution in [1.29, 1.82) is 0 Å². The van der Waals surface area contributed by atoms with Crippen LogP contribution in [0.15, 0.2) is 42.0 Å². The molecule has 1 aromatic carbocycles. The van der Waals surface area contributed by atoms with Crippen LogP contribution in [-0.4, -0.2) is 13.7 Å². The van der Waals surface area contributed by atoms with Crippen LogP contribution in [0.25, 0.3) is 5.57 Å². The van der Waals surface area contributed by atoms with E-state index < -0.39 is 0 Å². The van der Waals surface area contributed by atoms with Gasteiger partial charge >= 0.3 is 0 Å². The fraction of sp³-hybridized carbons (Fsp3) is 0.375. The van der Waals surface area contributed by atoms with Gasteiger partial charge in [0.05, 0.1) is 6.61 Å². The van der Waals surface area contributed by atoms with Crippen LogP contribution in [0.3, 0.4) is 0 Å². The molecule has 0 saturated heterocycles. The lowest BCUT2D eigenvalue weighted by Crippen LogP contribution is -2.01. The molecule has 0 radical (unpaired) electrons. The van der Waals surface area contributed by atoms with Gasteiger partial charge in [-0.25, -0.2) is 0 Å². The smallest absolute Gasteiger partial charge is 0.0649 e. The molecule has 0 spiro atoms. The molecule has 0 aromatic heterocycles. The molecular weight excluding hydrogens is 208 g/mol. The molecule has 0 bridgehead atoms. The fourth-order valence-electron chi connectivity index (χ4n) is 2.35. The number of rotatable bonds is 3. The first-order valence-electron chi connectivity index (χ1n) is 6.26. The third-order valence-electron chi connectivity index (χ3n) is 3.23. The Morgan fingerprint density at radius 3 is 2.94 bits per heavy atom. The average molecular weight is 228 g/mol. The summed E-state index contributed by atoms with van der Waals surface area (Å²) in [7, 11) is 1.73. The van der Waals surface area contributed by atoms with Gasteiger partial charge in [-0.2, -0.15) is 0 Å². The van der Waals surface area contributed by atoms with E-state index in [9.17, 15) is 0 Å². The SMILES string of the molecule is COC/C=C(C)\C=C1/CCCc2ccccc21. The highest BCUT2D eigenvalue weighted by Gasteiger charge is 2.12. The van der Waals surface area contributed by atoms with Crippen LogP contribution in [0.2, 0.25) is 0 Å². The number of ether oxygens (including phenoxy) is 1. The fourth-order valence-corrected chi connectivity index (χ4v) is 2.35. The van der Waals surface area contributed by atoms with Gasteiger partial charge < -0.3 is 4.74 Å². The molecule has 0 aliphatic heterocycles. The van der Waals surface area contributed by atoms with Crippen LogP contribution < -0.4 is 0 Å². The highest BCUT2D eigenvalue weighted by atomic mass is 16.5. The van der Waals surface area contributed by atoms with Gasteiger partial charge in [-0.05, 0) is 42.9 Å². The first-order valence-corrected chi connectivity index (χ1v) is 6.26. The van der Waals surface area contributed by atoms with Gasteiger partial charge in [0.15, 0.2) is 0 Å². The second kappa shape index (κ2) is 5.83. The summed E-state index contributed by atoms with van der Waals surface area (Å²) in [5.41, 5.74) is 5.68. The molecule has 0 heterocycles. The molecule has 0 N–H and O–H groups in total. The van der Waals surface area contributed by atoms with Crippen LogP contribution in [0, 0.1) is 0 Å². The average Bonchev–Trinajstić information content (AvgIpc) is 2.37. The molecule has 2 rings (SSSR count). The molecule has 0 fully saturated rings. The summed E-state index contributed by atoms with van der Waals surface area (Å²) in [6, 6.07) is 8.75. The van der Waals surface area contributed by atoms with E-state index in [4.69, 9.17) is 4.74 Å². The molecule has 1 aliphatic carbocycles. The van der Waals surface area contributed by atoms with Crippen molar-refractivity contribution in [2.24, 2.45) is 0 Å². The van der Waals surface area contributed by atoms with Gasteiger partial charge in [-0.1, -0.05) is 42.0 Å². The maximum absolute atomic E-state index is 5.07. The second-order valence-electron chi connectivity index (χ2n) is 4.58. The first-order chi connectivity index (χ1) is 8.31. The van der Waals surface area contributed by atoms with E-state index in [0.29, 0.717) is 6.61 Å². The van der Waals surface area contributed by atoms with Crippen molar-refractivity contribution >= 4 is 5.57 Å². The minimum absolute atomic E-state index is 0.692. The van der Waals surface area contributed by atoms with E-state index in [1.165, 1.54) is 41.5 Å². The molecule has 1 aromatic rings. The van der Waals surface area contributed by atoms with Crippen molar-refractivity contribution in [3.05, 3.63) is 53.1 Å². The Labute approximate surface area is 104 Å². The maximum Gasteiger partial charge on any atom is 0.0649 e. The van der Waals surface area contributed by atoms with Crippen molar-refractivity contribution in [2.45, 2.75) is 26.2 Å². The zero-order valence-corrected chi connectivity index (χ0v) is 10.7. The zero-order valence-electron chi connectivity index (χ0n) is 10.7. The number of methoxy groups -OCH3 is 1. The van der Waals surface area contributed by atoms with E-state index >= 15 is 0 Å². The van der Waals surface area contributed by atoms with Crippen LogP contribution in [0.1, 0.15) is 30.9 Å². The number of hydrogen-bond donors (Lipinski definition) is 0. The lowest BCUT2D eigenvalue weighted by Gasteiger charge is -2.19. The maximum atomic E-state index is 5.07. The number of hydrogen-bond acceptors (Lipinski definition) is 1. The van der Waals surface area contributed by atoms with E-state index in [2.05, 4.69) is 43.3 Å². The van der Waals surface area contributed by atoms with Crippen molar-refractivity contribution in [3.8, 4) is 0 Å². The van der Waals surface area contributed by atoms with Crippen LogP contribution >= 0.6 is 0 Å². The molecule has 0 saturated carbocycles. The number of benzene rings is 1. The van der Waals surface area contributed by atoms with Gasteiger partial charge in [-0.3, -0.25) is 0 Å². The molecule has 90 valence electrons. The Morgan fingerprint density at radius 1 is 1.29 bits per heavy atom. The third kappa shape index (κ3) is 3.07. The number of fused-ring (bicyclic) bond motifs is 1. The lowest BCUT2D eigenvalue weighted by molar-refractivity contribution is 0.233. The largest absolute Gasteiger partial charge is 0.381 e. The van der Waals surface area contributed by atoms with Gasteiger partial charge in [0.25, 0.3) is 0 Å². The summed E-state index contributed by atoms with van der Waals surface area (Å²) in [5.74, 6) is 0. The summed E-state index contributed by atoms with van der Waals surface area (Å²) in [4.78, 5) is 0. The third-order valence-corrected chi connectivity index (χ3v) is 3.23. The molecule has 17 heavy (non-hydrogen) atoms. The van der Waals surface area contributed by atoms with Crippen LogP contribution in [0.4, 0.5) is 0 Å². The van der Waals surface area contributed by atoms with E-state index in [-0.39, 0.29) is 0 Å². The van der Waals surface area contributed by atoms with Crippen molar-refractivity contribution in [1.82, 2.24) is 0 Å². The standard InChI is InChI=1S/C16H20O/c1-13(10-11-17-2)12-15-8-5-7-14-6-3-4-9-16(14)15/h3-4,6,9-10,12H,5,7-8,11H2,1-2H3/b13-10-,15-12+. The normalized spacial score (nSPS) is 18.2. The zero-order chi connectivity index (χ0) is 12.1. The van der Waals surface area contributed by atoms with E-state index in [1.807, 2.05) is 0 Å². The lowest BCUT2D eigenvalue weighted by atomic mass is 9.86. The minimum Gasteiger partial charge on any atom is -0.381 e. The molecule has 1 heteroatoms. The highest BCUT2D eigenvalue weighted by Crippen LogP contribution is 2.31. The quantitative estimate of drug-likeness (QED) is 0.760. The topological polar surface area (TPSA) is 9.23 Å². The highest BCUT2D eigenvalue weighted by molar-refractivity contribution is 5.71. The molecule has 0 amide bonds. The van der Waals surface area contributed by atoms with Gasteiger partial charge in [0.2, 0.25) is 0 Å². The Hall–Kier alpha value is -1.34. The molecule has 0 atom stereocenters. The molecule has 0 unspecified atom stereocenters. The predicted molar refractivity (Wildman–Crippen MR) is 73.0 cm³/mol. The van der Waals surface area contributed by atoms with E-state index in [1.54, 1.807) is 7.11 Å². The van der Waals surface area contributed by atoms with Gasteiger partial charge in [0, 0.05) is 7.11 Å². The number of aryl methyl sites for hydroxylation is 1. The number of allylic oxidation sites excluding steroid dienone is 3. The summed E-state index contributed by atoms with van der Waals surface area (Å²) in [6.45, 7) is 2.83. The summed E-state index contributed by atoms with van der Waals surface area (Å²) < 4.78 is 5.07. The summed E-state index contributed by atoms with van der Waals surface area (Å²) >= 11 is 0. The molecular formula is C16H20O. The van der Waals surface area contributed by atoms with Crippen molar-refractivity contribution in [3.63, 3.8) is 0 Å². The Morgan fingerprint density at radius 2 is 2.12 bits per heavy atom. The Bertz CT molecular complexity index is 441. The van der Waals surface area contributed by atoms with Gasteiger partial charge in [0.1, 0.15) is 0 Å². The molecule has 1 aliphatic rings.